The van der Waals surface area contributed by atoms with E-state index in [1.165, 1.54) is 5.56 Å². The zero-order valence-corrected chi connectivity index (χ0v) is 18.6. The molecule has 0 radical (unpaired) electrons. The quantitative estimate of drug-likeness (QED) is 0.557. The van der Waals surface area contributed by atoms with Gasteiger partial charge in [0.1, 0.15) is 13.2 Å². The van der Waals surface area contributed by atoms with Crippen LogP contribution in [0.1, 0.15) is 17.0 Å². The van der Waals surface area contributed by atoms with Crippen LogP contribution < -0.4 is 9.47 Å². The Bertz CT molecular complexity index is 1150. The molecule has 0 saturated carbocycles. The summed E-state index contributed by atoms with van der Waals surface area (Å²) in [6.45, 7) is 6.55. The number of ether oxygens (including phenoxy) is 2. The maximum absolute atomic E-state index is 12.6. The molecule has 2 aliphatic rings. The zero-order chi connectivity index (χ0) is 22.6. The molecule has 0 N–H and O–H groups in total. The number of piperazine rings is 1. The van der Waals surface area contributed by atoms with Crippen LogP contribution >= 0.6 is 0 Å². The zero-order valence-electron chi connectivity index (χ0n) is 18.6. The lowest BCUT2D eigenvalue weighted by molar-refractivity contribution is -0.127. The molecule has 8 nitrogen and oxygen atoms in total. The third-order valence-electron chi connectivity index (χ3n) is 5.81. The number of rotatable bonds is 5. The molecule has 0 spiro atoms. The number of amides is 1. The van der Waals surface area contributed by atoms with E-state index in [0.29, 0.717) is 44.6 Å². The molecule has 1 fully saturated rings. The third kappa shape index (κ3) is 5.06. The van der Waals surface area contributed by atoms with E-state index in [2.05, 4.69) is 15.0 Å². The summed E-state index contributed by atoms with van der Waals surface area (Å²) in [5, 5.41) is 4.10. The highest BCUT2D eigenvalue weighted by Crippen LogP contribution is 2.31. The Morgan fingerprint density at radius 1 is 1.00 bits per heavy atom. The lowest BCUT2D eigenvalue weighted by atomic mass is 10.1. The van der Waals surface area contributed by atoms with Crippen molar-refractivity contribution >= 4 is 12.0 Å². The molecule has 2 aromatic carbocycles. The average Bonchev–Trinajstić information content (AvgIpc) is 3.31. The van der Waals surface area contributed by atoms with Gasteiger partial charge in [0.15, 0.2) is 11.5 Å². The van der Waals surface area contributed by atoms with Crippen molar-refractivity contribution < 1.29 is 18.8 Å². The summed E-state index contributed by atoms with van der Waals surface area (Å²) in [5.41, 5.74) is 3.04. The van der Waals surface area contributed by atoms with Gasteiger partial charge in [0, 0.05) is 37.8 Å². The first kappa shape index (κ1) is 21.2. The van der Waals surface area contributed by atoms with Crippen molar-refractivity contribution in [2.24, 2.45) is 0 Å². The van der Waals surface area contributed by atoms with Gasteiger partial charge in [-0.15, -0.1) is 0 Å². The van der Waals surface area contributed by atoms with E-state index < -0.39 is 0 Å². The number of hydrogen-bond acceptors (Lipinski definition) is 7. The minimum Gasteiger partial charge on any atom is -0.486 e. The number of fused-ring (bicyclic) bond motifs is 1. The van der Waals surface area contributed by atoms with Crippen LogP contribution in [0.4, 0.5) is 0 Å². The van der Waals surface area contributed by atoms with Crippen LogP contribution in [-0.4, -0.2) is 65.2 Å². The second kappa shape index (κ2) is 9.46. The summed E-state index contributed by atoms with van der Waals surface area (Å²) in [6.07, 6.45) is 3.44. The minimum absolute atomic E-state index is 0.00369. The molecule has 1 amide bonds. The van der Waals surface area contributed by atoms with Crippen molar-refractivity contribution in [3.05, 3.63) is 65.6 Å². The van der Waals surface area contributed by atoms with Gasteiger partial charge in [-0.2, -0.15) is 4.98 Å². The molecular weight excluding hydrogens is 420 g/mol. The summed E-state index contributed by atoms with van der Waals surface area (Å²) in [5.74, 6) is 2.65. The largest absolute Gasteiger partial charge is 0.486 e. The second-order valence-corrected chi connectivity index (χ2v) is 8.22. The van der Waals surface area contributed by atoms with E-state index in [4.69, 9.17) is 14.0 Å². The van der Waals surface area contributed by atoms with Crippen molar-refractivity contribution in [3.63, 3.8) is 0 Å². The van der Waals surface area contributed by atoms with E-state index in [-0.39, 0.29) is 5.91 Å². The SMILES string of the molecule is Cc1ccc(-c2noc(CN3CCN(C(=O)/C=C/c4ccc5c(c4)OCCO5)CC3)n2)cc1. The number of aryl methyl sites for hydroxylation is 1. The van der Waals surface area contributed by atoms with Crippen LogP contribution in [0.15, 0.2) is 53.1 Å². The summed E-state index contributed by atoms with van der Waals surface area (Å²) >= 11 is 0. The number of carbonyl (C=O) groups is 1. The molecule has 2 aliphatic heterocycles. The fourth-order valence-electron chi connectivity index (χ4n) is 3.89. The molecule has 8 heteroatoms. The smallest absolute Gasteiger partial charge is 0.246 e. The van der Waals surface area contributed by atoms with Crippen LogP contribution in [0.2, 0.25) is 0 Å². The Balaban J connectivity index is 1.12. The lowest BCUT2D eigenvalue weighted by Crippen LogP contribution is -2.47. The predicted octanol–water partition coefficient (Wildman–Crippen LogP) is 3.17. The van der Waals surface area contributed by atoms with Crippen molar-refractivity contribution in [2.45, 2.75) is 13.5 Å². The van der Waals surface area contributed by atoms with E-state index in [1.54, 1.807) is 6.08 Å². The first-order chi connectivity index (χ1) is 16.1. The highest BCUT2D eigenvalue weighted by atomic mass is 16.6. The number of benzene rings is 2. The van der Waals surface area contributed by atoms with E-state index in [0.717, 1.165) is 35.7 Å². The van der Waals surface area contributed by atoms with Crippen LogP contribution in [0.3, 0.4) is 0 Å². The first-order valence-electron chi connectivity index (χ1n) is 11.1. The number of nitrogens with zero attached hydrogens (tertiary/aromatic N) is 4. The number of hydrogen-bond donors (Lipinski definition) is 0. The highest BCUT2D eigenvalue weighted by molar-refractivity contribution is 5.92. The van der Waals surface area contributed by atoms with Crippen molar-refractivity contribution in [2.75, 3.05) is 39.4 Å². The second-order valence-electron chi connectivity index (χ2n) is 8.22. The molecule has 1 aromatic heterocycles. The van der Waals surface area contributed by atoms with E-state index in [1.807, 2.05) is 60.4 Å². The van der Waals surface area contributed by atoms with Crippen molar-refractivity contribution in [1.29, 1.82) is 0 Å². The molecule has 0 aliphatic carbocycles. The summed E-state index contributed by atoms with van der Waals surface area (Å²) < 4.78 is 16.6. The molecular formula is C25H26N4O4. The monoisotopic (exact) mass is 446 g/mol. The fourth-order valence-corrected chi connectivity index (χ4v) is 3.89. The molecule has 0 bridgehead atoms. The summed E-state index contributed by atoms with van der Waals surface area (Å²) in [7, 11) is 0. The average molecular weight is 447 g/mol. The van der Waals surface area contributed by atoms with Crippen LogP contribution in [0, 0.1) is 6.92 Å². The van der Waals surface area contributed by atoms with Gasteiger partial charge in [-0.05, 0) is 30.7 Å². The number of aromatic nitrogens is 2. The summed E-state index contributed by atoms with van der Waals surface area (Å²) in [4.78, 5) is 21.2. The maximum Gasteiger partial charge on any atom is 0.246 e. The summed E-state index contributed by atoms with van der Waals surface area (Å²) in [6, 6.07) is 13.7. The standard InChI is InChI=1S/C25H26N4O4/c1-18-2-6-20(7-3-18)25-26-23(33-27-25)17-28-10-12-29(13-11-28)24(30)9-5-19-4-8-21-22(16-19)32-15-14-31-21/h2-9,16H,10-15,17H2,1H3/b9-5+. The van der Waals surface area contributed by atoms with Gasteiger partial charge < -0.3 is 18.9 Å². The third-order valence-corrected chi connectivity index (χ3v) is 5.81. The van der Waals surface area contributed by atoms with E-state index >= 15 is 0 Å². The molecule has 1 saturated heterocycles. The molecule has 0 atom stereocenters. The molecule has 5 rings (SSSR count). The van der Waals surface area contributed by atoms with Crippen molar-refractivity contribution in [3.8, 4) is 22.9 Å². The maximum atomic E-state index is 12.6. The fraction of sp³-hybridized carbons (Fsp3) is 0.320. The Kier molecular flexibility index (Phi) is 6.08. The Morgan fingerprint density at radius 3 is 2.55 bits per heavy atom. The van der Waals surface area contributed by atoms with Crippen molar-refractivity contribution in [1.82, 2.24) is 19.9 Å². The Labute approximate surface area is 192 Å². The molecule has 3 heterocycles. The van der Waals surface area contributed by atoms with Gasteiger partial charge in [0.25, 0.3) is 0 Å². The molecule has 33 heavy (non-hydrogen) atoms. The molecule has 0 unspecified atom stereocenters. The Morgan fingerprint density at radius 2 is 1.76 bits per heavy atom. The lowest BCUT2D eigenvalue weighted by Gasteiger charge is -2.33. The normalized spacial score (nSPS) is 16.3. The van der Waals surface area contributed by atoms with Crippen LogP contribution in [0.5, 0.6) is 11.5 Å². The van der Waals surface area contributed by atoms with Gasteiger partial charge in [0.2, 0.25) is 17.6 Å². The van der Waals surface area contributed by atoms with Crippen LogP contribution in [0.25, 0.3) is 17.5 Å². The first-order valence-corrected chi connectivity index (χ1v) is 11.1. The van der Waals surface area contributed by atoms with Gasteiger partial charge in [-0.1, -0.05) is 41.1 Å². The minimum atomic E-state index is 0.00369. The Hall–Kier alpha value is -3.65. The highest BCUT2D eigenvalue weighted by Gasteiger charge is 2.21. The van der Waals surface area contributed by atoms with E-state index in [9.17, 15) is 4.79 Å². The number of carbonyl (C=O) groups excluding carboxylic acids is 1. The molecule has 3 aromatic rings. The van der Waals surface area contributed by atoms with Gasteiger partial charge >= 0.3 is 0 Å². The van der Waals surface area contributed by atoms with Crippen LogP contribution in [-0.2, 0) is 11.3 Å². The molecule has 170 valence electrons. The van der Waals surface area contributed by atoms with Gasteiger partial charge in [-0.25, -0.2) is 0 Å². The topological polar surface area (TPSA) is 80.9 Å². The van der Waals surface area contributed by atoms with Gasteiger partial charge in [-0.3, -0.25) is 9.69 Å². The predicted molar refractivity (Wildman–Crippen MR) is 123 cm³/mol. The van der Waals surface area contributed by atoms with Gasteiger partial charge in [0.05, 0.1) is 6.54 Å².